The molecule has 1 aliphatic heterocycles. The van der Waals surface area contributed by atoms with E-state index in [0.717, 1.165) is 4.90 Å². The van der Waals surface area contributed by atoms with E-state index in [0.29, 0.717) is 23.3 Å². The summed E-state index contributed by atoms with van der Waals surface area (Å²) in [4.78, 5) is 26.6. The van der Waals surface area contributed by atoms with E-state index < -0.39 is 17.4 Å². The summed E-state index contributed by atoms with van der Waals surface area (Å²) in [5.41, 5.74) is 0.137. The predicted octanol–water partition coefficient (Wildman–Crippen LogP) is 3.19. The summed E-state index contributed by atoms with van der Waals surface area (Å²) >= 11 is 0. The zero-order valence-electron chi connectivity index (χ0n) is 14.1. The third-order valence-corrected chi connectivity index (χ3v) is 4.52. The molecule has 0 radical (unpaired) electrons. The van der Waals surface area contributed by atoms with Gasteiger partial charge in [0.15, 0.2) is 0 Å². The zero-order chi connectivity index (χ0) is 18.0. The summed E-state index contributed by atoms with van der Waals surface area (Å²) in [6.45, 7) is 1.87. The van der Waals surface area contributed by atoms with Crippen LogP contribution in [0.15, 0.2) is 48.5 Å². The number of ether oxygens (including phenoxy) is 1. The number of rotatable bonds is 5. The lowest BCUT2D eigenvalue weighted by Gasteiger charge is -2.26. The van der Waals surface area contributed by atoms with Crippen LogP contribution in [0.2, 0.25) is 0 Å². The molecule has 1 saturated heterocycles. The minimum absolute atomic E-state index is 0.0281. The van der Waals surface area contributed by atoms with E-state index in [9.17, 15) is 14.0 Å². The molecule has 1 atom stereocenters. The SMILES string of the molecule is CC[C@@]1(c2ccc(OC)cc2)NC(=O)N(Cc2cccc(F)c2)C1=O. The predicted molar refractivity (Wildman–Crippen MR) is 90.4 cm³/mol. The number of urea groups is 1. The number of nitrogens with one attached hydrogen (secondary N) is 1. The zero-order valence-corrected chi connectivity index (χ0v) is 14.1. The maximum atomic E-state index is 13.4. The van der Waals surface area contributed by atoms with Gasteiger partial charge in [0.25, 0.3) is 5.91 Å². The topological polar surface area (TPSA) is 58.6 Å². The second-order valence-corrected chi connectivity index (χ2v) is 5.94. The molecule has 3 amide bonds. The number of halogens is 1. The molecule has 25 heavy (non-hydrogen) atoms. The van der Waals surface area contributed by atoms with Gasteiger partial charge >= 0.3 is 6.03 Å². The fraction of sp³-hybridized carbons (Fsp3) is 0.263. The average molecular weight is 342 g/mol. The molecule has 0 spiro atoms. The Morgan fingerprint density at radius 1 is 1.16 bits per heavy atom. The van der Waals surface area contributed by atoms with Crippen LogP contribution in [0.4, 0.5) is 9.18 Å². The number of methoxy groups -OCH3 is 1. The van der Waals surface area contributed by atoms with Crippen molar-refractivity contribution >= 4 is 11.9 Å². The number of imide groups is 1. The van der Waals surface area contributed by atoms with E-state index in [1.54, 1.807) is 43.5 Å². The van der Waals surface area contributed by atoms with Crippen molar-refractivity contribution in [2.24, 2.45) is 0 Å². The van der Waals surface area contributed by atoms with Gasteiger partial charge in [0.1, 0.15) is 17.1 Å². The highest BCUT2D eigenvalue weighted by Gasteiger charge is 2.51. The van der Waals surface area contributed by atoms with Gasteiger partial charge in [-0.2, -0.15) is 0 Å². The lowest BCUT2D eigenvalue weighted by Crippen LogP contribution is -2.43. The van der Waals surface area contributed by atoms with Gasteiger partial charge in [-0.25, -0.2) is 9.18 Å². The van der Waals surface area contributed by atoms with Crippen molar-refractivity contribution < 1.29 is 18.7 Å². The molecule has 0 saturated carbocycles. The van der Waals surface area contributed by atoms with Gasteiger partial charge in [0.05, 0.1) is 13.7 Å². The van der Waals surface area contributed by atoms with Gasteiger partial charge in [-0.05, 0) is 41.8 Å². The van der Waals surface area contributed by atoms with Crippen molar-refractivity contribution in [1.29, 1.82) is 0 Å². The Kier molecular flexibility index (Phi) is 4.44. The van der Waals surface area contributed by atoms with Crippen LogP contribution in [0.3, 0.4) is 0 Å². The second kappa shape index (κ2) is 6.55. The van der Waals surface area contributed by atoms with E-state index in [2.05, 4.69) is 5.32 Å². The number of benzene rings is 2. The second-order valence-electron chi connectivity index (χ2n) is 5.94. The molecule has 1 fully saturated rings. The van der Waals surface area contributed by atoms with Crippen molar-refractivity contribution in [2.75, 3.05) is 7.11 Å². The van der Waals surface area contributed by atoms with Crippen molar-refractivity contribution in [3.8, 4) is 5.75 Å². The quantitative estimate of drug-likeness (QED) is 0.849. The Labute approximate surface area is 145 Å². The number of amides is 3. The molecule has 3 rings (SSSR count). The van der Waals surface area contributed by atoms with Crippen molar-refractivity contribution in [2.45, 2.75) is 25.4 Å². The van der Waals surface area contributed by atoms with Gasteiger partial charge in [0, 0.05) is 0 Å². The first-order valence-electron chi connectivity index (χ1n) is 8.03. The Bertz CT molecular complexity index is 807. The lowest BCUT2D eigenvalue weighted by atomic mass is 9.87. The molecule has 0 unspecified atom stereocenters. The minimum Gasteiger partial charge on any atom is -0.497 e. The largest absolute Gasteiger partial charge is 0.497 e. The molecule has 1 aliphatic rings. The molecule has 1 N–H and O–H groups in total. The third-order valence-electron chi connectivity index (χ3n) is 4.52. The van der Waals surface area contributed by atoms with E-state index in [4.69, 9.17) is 4.74 Å². The first kappa shape index (κ1) is 17.0. The fourth-order valence-corrected chi connectivity index (χ4v) is 3.10. The summed E-state index contributed by atoms with van der Waals surface area (Å²) in [6.07, 6.45) is 0.406. The van der Waals surface area contributed by atoms with Gasteiger partial charge in [-0.1, -0.05) is 31.2 Å². The Morgan fingerprint density at radius 2 is 1.88 bits per heavy atom. The molecule has 0 bridgehead atoms. The highest BCUT2D eigenvalue weighted by Crippen LogP contribution is 2.34. The molecule has 130 valence electrons. The average Bonchev–Trinajstić information content (AvgIpc) is 2.87. The number of nitrogens with zero attached hydrogens (tertiary/aromatic N) is 1. The van der Waals surface area contributed by atoms with Crippen LogP contribution in [0, 0.1) is 5.82 Å². The molecule has 2 aromatic rings. The van der Waals surface area contributed by atoms with Crippen LogP contribution in [-0.2, 0) is 16.9 Å². The molecule has 6 heteroatoms. The lowest BCUT2D eigenvalue weighted by molar-refractivity contribution is -0.132. The van der Waals surface area contributed by atoms with Crippen LogP contribution in [0.1, 0.15) is 24.5 Å². The van der Waals surface area contributed by atoms with Gasteiger partial charge in [-0.3, -0.25) is 9.69 Å². The highest BCUT2D eigenvalue weighted by atomic mass is 19.1. The molecule has 0 aliphatic carbocycles. The Balaban J connectivity index is 1.91. The number of carbonyl (C=O) groups is 2. The molecule has 0 aromatic heterocycles. The van der Waals surface area contributed by atoms with Crippen molar-refractivity contribution in [3.05, 3.63) is 65.5 Å². The fourth-order valence-electron chi connectivity index (χ4n) is 3.10. The summed E-state index contributed by atoms with van der Waals surface area (Å²) in [5.74, 6) is -0.0701. The molecule has 5 nitrogen and oxygen atoms in total. The summed E-state index contributed by atoms with van der Waals surface area (Å²) in [5, 5.41) is 2.81. The maximum absolute atomic E-state index is 13.4. The Morgan fingerprint density at radius 3 is 2.48 bits per heavy atom. The van der Waals surface area contributed by atoms with Crippen LogP contribution < -0.4 is 10.1 Å². The molecule has 1 heterocycles. The van der Waals surface area contributed by atoms with Crippen LogP contribution in [0.5, 0.6) is 5.75 Å². The van der Waals surface area contributed by atoms with E-state index in [-0.39, 0.29) is 12.5 Å². The summed E-state index contributed by atoms with van der Waals surface area (Å²) < 4.78 is 18.5. The monoisotopic (exact) mass is 342 g/mol. The minimum atomic E-state index is -1.11. The van der Waals surface area contributed by atoms with E-state index >= 15 is 0 Å². The highest BCUT2D eigenvalue weighted by molar-refractivity contribution is 6.07. The summed E-state index contributed by atoms with van der Waals surface area (Å²) in [6, 6.07) is 12.4. The molecular weight excluding hydrogens is 323 g/mol. The standard InChI is InChI=1S/C19H19FN2O3/c1-3-19(14-7-9-16(25-2)10-8-14)17(23)22(18(24)21-19)12-13-5-4-6-15(20)11-13/h4-11H,3,12H2,1-2H3,(H,21,24)/t19-/m0/s1. The first-order chi connectivity index (χ1) is 12.0. The number of hydrogen-bond acceptors (Lipinski definition) is 3. The van der Waals surface area contributed by atoms with Crippen molar-refractivity contribution in [3.63, 3.8) is 0 Å². The smallest absolute Gasteiger partial charge is 0.325 e. The normalized spacial score (nSPS) is 19.9. The Hall–Kier alpha value is -2.89. The molecule has 2 aromatic carbocycles. The summed E-state index contributed by atoms with van der Waals surface area (Å²) in [7, 11) is 1.56. The van der Waals surface area contributed by atoms with Crippen LogP contribution >= 0.6 is 0 Å². The molecular formula is C19H19FN2O3. The van der Waals surface area contributed by atoms with E-state index in [1.165, 1.54) is 12.1 Å². The first-order valence-corrected chi connectivity index (χ1v) is 8.03. The van der Waals surface area contributed by atoms with Gasteiger partial charge < -0.3 is 10.1 Å². The van der Waals surface area contributed by atoms with Crippen LogP contribution in [-0.4, -0.2) is 23.9 Å². The van der Waals surface area contributed by atoms with E-state index in [1.807, 2.05) is 6.92 Å². The van der Waals surface area contributed by atoms with Gasteiger partial charge in [-0.15, -0.1) is 0 Å². The van der Waals surface area contributed by atoms with Gasteiger partial charge in [0.2, 0.25) is 0 Å². The maximum Gasteiger partial charge on any atom is 0.325 e. The number of hydrogen-bond donors (Lipinski definition) is 1. The third kappa shape index (κ3) is 2.95. The van der Waals surface area contributed by atoms with Crippen molar-refractivity contribution in [1.82, 2.24) is 10.2 Å². The number of carbonyl (C=O) groups excluding carboxylic acids is 2. The van der Waals surface area contributed by atoms with Crippen LogP contribution in [0.25, 0.3) is 0 Å².